The van der Waals surface area contributed by atoms with Crippen molar-refractivity contribution in [1.29, 1.82) is 0 Å². The number of carbonyl (C=O) groups is 2. The quantitative estimate of drug-likeness (QED) is 0.730. The van der Waals surface area contributed by atoms with Crippen LogP contribution >= 0.6 is 0 Å². The SMILES string of the molecule is CC(NC(=O)CC1CC2CCC(C1)N2)(C(N)=O)c1cccc(C(F)(F)F)c1. The van der Waals surface area contributed by atoms with Gasteiger partial charge in [-0.2, -0.15) is 13.2 Å². The molecule has 0 aliphatic carbocycles. The minimum absolute atomic E-state index is 0.0172. The number of halogens is 3. The molecule has 2 fully saturated rings. The fourth-order valence-corrected chi connectivity index (χ4v) is 4.22. The predicted octanol–water partition coefficient (Wildman–Crippen LogP) is 2.44. The number of nitrogens with one attached hydrogen (secondary N) is 2. The number of nitrogens with two attached hydrogens (primary N) is 1. The molecule has 2 aliphatic rings. The lowest BCUT2D eigenvalue weighted by Gasteiger charge is -2.32. The first-order valence-electron chi connectivity index (χ1n) is 9.12. The molecule has 2 amide bonds. The van der Waals surface area contributed by atoms with Gasteiger partial charge in [0, 0.05) is 18.5 Å². The highest BCUT2D eigenvalue weighted by Crippen LogP contribution is 2.34. The maximum atomic E-state index is 13.0. The van der Waals surface area contributed by atoms with Gasteiger partial charge in [0.25, 0.3) is 0 Å². The first kappa shape index (κ1) is 19.7. The van der Waals surface area contributed by atoms with Gasteiger partial charge >= 0.3 is 6.18 Å². The van der Waals surface area contributed by atoms with E-state index in [0.717, 1.165) is 37.8 Å². The summed E-state index contributed by atoms with van der Waals surface area (Å²) in [5.74, 6) is -1.08. The number of hydrogen-bond donors (Lipinski definition) is 3. The van der Waals surface area contributed by atoms with Crippen LogP contribution in [0.4, 0.5) is 13.2 Å². The third-order valence-corrected chi connectivity index (χ3v) is 5.69. The van der Waals surface area contributed by atoms with Crippen molar-refractivity contribution in [2.45, 2.75) is 62.8 Å². The van der Waals surface area contributed by atoms with E-state index >= 15 is 0 Å². The van der Waals surface area contributed by atoms with Crippen LogP contribution in [0.3, 0.4) is 0 Å². The maximum absolute atomic E-state index is 13.0. The predicted molar refractivity (Wildman–Crippen MR) is 93.4 cm³/mol. The monoisotopic (exact) mass is 383 g/mol. The van der Waals surface area contributed by atoms with Gasteiger partial charge in [-0.15, -0.1) is 0 Å². The topological polar surface area (TPSA) is 84.2 Å². The summed E-state index contributed by atoms with van der Waals surface area (Å²) in [6.45, 7) is 1.34. The number of rotatable bonds is 5. The van der Waals surface area contributed by atoms with E-state index < -0.39 is 23.2 Å². The molecular weight excluding hydrogens is 359 g/mol. The van der Waals surface area contributed by atoms with Crippen molar-refractivity contribution < 1.29 is 22.8 Å². The molecule has 5 nitrogen and oxygen atoms in total. The average Bonchev–Trinajstić information content (AvgIpc) is 2.92. The van der Waals surface area contributed by atoms with Gasteiger partial charge in [-0.1, -0.05) is 12.1 Å². The van der Waals surface area contributed by atoms with Gasteiger partial charge < -0.3 is 16.4 Å². The molecule has 1 aromatic carbocycles. The molecule has 0 radical (unpaired) electrons. The van der Waals surface area contributed by atoms with Crippen molar-refractivity contribution in [2.75, 3.05) is 0 Å². The lowest BCUT2D eigenvalue weighted by molar-refractivity contribution is -0.138. The Morgan fingerprint density at radius 3 is 2.33 bits per heavy atom. The molecule has 2 heterocycles. The molecule has 2 aliphatic heterocycles. The smallest absolute Gasteiger partial charge is 0.367 e. The molecule has 27 heavy (non-hydrogen) atoms. The number of piperidine rings is 1. The van der Waals surface area contributed by atoms with E-state index in [9.17, 15) is 22.8 Å². The van der Waals surface area contributed by atoms with Crippen LogP contribution in [-0.2, 0) is 21.3 Å². The van der Waals surface area contributed by atoms with Gasteiger partial charge in [-0.05, 0) is 56.2 Å². The van der Waals surface area contributed by atoms with Crippen LogP contribution in [0.25, 0.3) is 0 Å². The Bertz CT molecular complexity index is 725. The van der Waals surface area contributed by atoms with Gasteiger partial charge in [0.2, 0.25) is 11.8 Å². The van der Waals surface area contributed by atoms with Crippen LogP contribution in [0.5, 0.6) is 0 Å². The van der Waals surface area contributed by atoms with Crippen LogP contribution < -0.4 is 16.4 Å². The molecule has 2 bridgehead atoms. The molecule has 3 unspecified atom stereocenters. The van der Waals surface area contributed by atoms with Crippen molar-refractivity contribution in [3.63, 3.8) is 0 Å². The third kappa shape index (κ3) is 4.26. The van der Waals surface area contributed by atoms with Crippen molar-refractivity contribution in [1.82, 2.24) is 10.6 Å². The number of primary amides is 1. The summed E-state index contributed by atoms with van der Waals surface area (Å²) in [5, 5.41) is 6.08. The fourth-order valence-electron chi connectivity index (χ4n) is 4.22. The second-order valence-corrected chi connectivity index (χ2v) is 7.80. The van der Waals surface area contributed by atoms with Gasteiger partial charge in [0.15, 0.2) is 0 Å². The maximum Gasteiger partial charge on any atom is 0.416 e. The number of carbonyl (C=O) groups excluding carboxylic acids is 2. The summed E-state index contributed by atoms with van der Waals surface area (Å²) in [4.78, 5) is 24.6. The normalized spacial score (nSPS) is 27.0. The molecule has 0 saturated carbocycles. The Morgan fingerprint density at radius 1 is 1.19 bits per heavy atom. The standard InChI is InChI=1S/C19H24F3N3O2/c1-18(17(23)27,12-3-2-4-13(10-12)19(20,21)22)25-16(26)9-11-7-14-5-6-15(8-11)24-14/h2-4,10-11,14-15,24H,5-9H2,1H3,(H2,23,27)(H,25,26). The Morgan fingerprint density at radius 2 is 1.78 bits per heavy atom. The van der Waals surface area contributed by atoms with Crippen molar-refractivity contribution in [3.05, 3.63) is 35.4 Å². The van der Waals surface area contributed by atoms with Gasteiger partial charge in [-0.25, -0.2) is 0 Å². The summed E-state index contributed by atoms with van der Waals surface area (Å²) < 4.78 is 39.0. The largest absolute Gasteiger partial charge is 0.416 e. The van der Waals surface area contributed by atoms with Crippen LogP contribution in [0.1, 0.15) is 50.2 Å². The minimum atomic E-state index is -4.55. The average molecular weight is 383 g/mol. The lowest BCUT2D eigenvalue weighted by Crippen LogP contribution is -2.53. The highest BCUT2D eigenvalue weighted by molar-refractivity contribution is 5.91. The van der Waals surface area contributed by atoms with Crippen LogP contribution in [0, 0.1) is 5.92 Å². The van der Waals surface area contributed by atoms with Crippen molar-refractivity contribution >= 4 is 11.8 Å². The molecule has 2 saturated heterocycles. The summed E-state index contributed by atoms with van der Waals surface area (Å²) in [5.41, 5.74) is 2.87. The Balaban J connectivity index is 1.74. The molecule has 3 atom stereocenters. The van der Waals surface area contributed by atoms with Crippen molar-refractivity contribution in [2.24, 2.45) is 11.7 Å². The van der Waals surface area contributed by atoms with Gasteiger partial charge in [0.1, 0.15) is 5.54 Å². The minimum Gasteiger partial charge on any atom is -0.367 e. The molecule has 0 aromatic heterocycles. The number of fused-ring (bicyclic) bond motifs is 2. The van der Waals surface area contributed by atoms with E-state index in [-0.39, 0.29) is 23.8 Å². The lowest BCUT2D eigenvalue weighted by atomic mass is 9.87. The zero-order valence-electron chi connectivity index (χ0n) is 15.1. The molecule has 4 N–H and O–H groups in total. The second kappa shape index (κ2) is 7.14. The van der Waals surface area contributed by atoms with E-state index in [4.69, 9.17) is 5.73 Å². The Kier molecular flexibility index (Phi) is 5.20. The van der Waals surface area contributed by atoms with Gasteiger partial charge in [-0.3, -0.25) is 9.59 Å². The Hall–Kier alpha value is -2.09. The fraction of sp³-hybridized carbons (Fsp3) is 0.579. The Labute approximate surface area is 155 Å². The molecule has 8 heteroatoms. The third-order valence-electron chi connectivity index (χ3n) is 5.69. The number of amides is 2. The first-order valence-corrected chi connectivity index (χ1v) is 9.12. The second-order valence-electron chi connectivity index (χ2n) is 7.80. The first-order chi connectivity index (χ1) is 12.6. The molecule has 3 rings (SSSR count). The zero-order chi connectivity index (χ0) is 19.8. The van der Waals surface area contributed by atoms with Gasteiger partial charge in [0.05, 0.1) is 5.56 Å². The van der Waals surface area contributed by atoms with E-state index in [1.54, 1.807) is 0 Å². The summed E-state index contributed by atoms with van der Waals surface area (Å²) in [7, 11) is 0. The van der Waals surface area contributed by atoms with Crippen molar-refractivity contribution in [3.8, 4) is 0 Å². The zero-order valence-corrected chi connectivity index (χ0v) is 15.1. The highest BCUT2D eigenvalue weighted by Gasteiger charge is 2.39. The summed E-state index contributed by atoms with van der Waals surface area (Å²) in [6.07, 6.45) is -0.330. The molecule has 0 spiro atoms. The number of benzene rings is 1. The van der Waals surface area contributed by atoms with Crippen LogP contribution in [-0.4, -0.2) is 23.9 Å². The number of alkyl halides is 3. The summed E-state index contributed by atoms with van der Waals surface area (Å²) in [6, 6.07) is 5.19. The highest BCUT2D eigenvalue weighted by atomic mass is 19.4. The summed E-state index contributed by atoms with van der Waals surface area (Å²) >= 11 is 0. The van der Waals surface area contributed by atoms with E-state index in [0.29, 0.717) is 12.1 Å². The molecule has 148 valence electrons. The van der Waals surface area contributed by atoms with Crippen LogP contribution in [0.15, 0.2) is 24.3 Å². The molecular formula is C19H24F3N3O2. The van der Waals surface area contributed by atoms with Crippen LogP contribution in [0.2, 0.25) is 0 Å². The van der Waals surface area contributed by atoms with E-state index in [2.05, 4.69) is 10.6 Å². The number of hydrogen-bond acceptors (Lipinski definition) is 3. The van der Waals surface area contributed by atoms with E-state index in [1.165, 1.54) is 19.1 Å². The van der Waals surface area contributed by atoms with E-state index in [1.807, 2.05) is 0 Å². The molecule has 1 aromatic rings.